The summed E-state index contributed by atoms with van der Waals surface area (Å²) < 4.78 is 5.17. The van der Waals surface area contributed by atoms with Gasteiger partial charge < -0.3 is 10.1 Å². The molecule has 0 aliphatic heterocycles. The number of methoxy groups -OCH3 is 1. The van der Waals surface area contributed by atoms with Crippen LogP contribution in [0.25, 0.3) is 0 Å². The number of ether oxygens (including phenoxy) is 1. The van der Waals surface area contributed by atoms with Gasteiger partial charge in [0.25, 0.3) is 0 Å². The van der Waals surface area contributed by atoms with Crippen molar-refractivity contribution in [2.24, 2.45) is 0 Å². The number of hydrogen-bond donors (Lipinski definition) is 1. The van der Waals surface area contributed by atoms with Gasteiger partial charge in [-0.25, -0.2) is 4.98 Å². The molecule has 1 N–H and O–H groups in total. The molecule has 0 bridgehead atoms. The summed E-state index contributed by atoms with van der Waals surface area (Å²) >= 11 is 0. The third-order valence-electron chi connectivity index (χ3n) is 2.56. The molecule has 0 radical (unpaired) electrons. The molecule has 90 valence electrons. The maximum absolute atomic E-state index is 5.17. The van der Waals surface area contributed by atoms with Crippen molar-refractivity contribution in [3.63, 3.8) is 0 Å². The summed E-state index contributed by atoms with van der Waals surface area (Å²) in [6.07, 6.45) is 8.22. The Kier molecular flexibility index (Phi) is 6.38. The fourth-order valence-corrected chi connectivity index (χ4v) is 1.64. The van der Waals surface area contributed by atoms with Crippen molar-refractivity contribution < 1.29 is 4.74 Å². The van der Waals surface area contributed by atoms with E-state index in [2.05, 4.69) is 17.2 Å². The van der Waals surface area contributed by atoms with Gasteiger partial charge in [0, 0.05) is 12.7 Å². The zero-order chi connectivity index (χ0) is 11.6. The molecule has 0 unspecified atom stereocenters. The molecule has 0 saturated carbocycles. The second-order valence-corrected chi connectivity index (χ2v) is 3.90. The Labute approximate surface area is 98.2 Å². The van der Waals surface area contributed by atoms with Gasteiger partial charge in [0.15, 0.2) is 0 Å². The van der Waals surface area contributed by atoms with E-state index in [0.29, 0.717) is 5.88 Å². The number of nitrogens with zero attached hydrogens (tertiary/aromatic N) is 1. The van der Waals surface area contributed by atoms with Crippen LogP contribution < -0.4 is 10.1 Å². The molecule has 3 nitrogen and oxygen atoms in total. The highest BCUT2D eigenvalue weighted by Gasteiger charge is 2.00. The maximum Gasteiger partial charge on any atom is 0.237 e. The standard InChI is InChI=1S/C13H22N2O/c1-3-4-5-6-7-10-14-12-9-8-11-15-13(12)16-2/h8-9,11,14H,3-7,10H2,1-2H3. The van der Waals surface area contributed by atoms with Gasteiger partial charge in [-0.05, 0) is 18.6 Å². The number of nitrogens with one attached hydrogen (secondary N) is 1. The number of hydrogen-bond acceptors (Lipinski definition) is 3. The largest absolute Gasteiger partial charge is 0.480 e. The Hall–Kier alpha value is -1.25. The second kappa shape index (κ2) is 7.97. The molecule has 0 atom stereocenters. The molecule has 1 aromatic heterocycles. The minimum atomic E-state index is 0.677. The fraction of sp³-hybridized carbons (Fsp3) is 0.615. The lowest BCUT2D eigenvalue weighted by Crippen LogP contribution is -2.03. The minimum Gasteiger partial charge on any atom is -0.480 e. The summed E-state index contributed by atoms with van der Waals surface area (Å²) in [7, 11) is 1.65. The molecule has 0 amide bonds. The quantitative estimate of drug-likeness (QED) is 0.684. The van der Waals surface area contributed by atoms with E-state index < -0.39 is 0 Å². The molecule has 0 aromatic carbocycles. The van der Waals surface area contributed by atoms with Crippen molar-refractivity contribution in [2.45, 2.75) is 39.0 Å². The van der Waals surface area contributed by atoms with Crippen LogP contribution in [0.2, 0.25) is 0 Å². The monoisotopic (exact) mass is 222 g/mol. The van der Waals surface area contributed by atoms with Gasteiger partial charge in [0.05, 0.1) is 12.8 Å². The molecular weight excluding hydrogens is 200 g/mol. The Bertz CT molecular complexity index is 289. The van der Waals surface area contributed by atoms with E-state index in [4.69, 9.17) is 4.74 Å². The Balaban J connectivity index is 2.21. The summed E-state index contributed by atoms with van der Waals surface area (Å²) in [5, 5.41) is 3.35. The first-order valence-corrected chi connectivity index (χ1v) is 6.11. The minimum absolute atomic E-state index is 0.677. The molecule has 0 spiro atoms. The van der Waals surface area contributed by atoms with Gasteiger partial charge in [-0.15, -0.1) is 0 Å². The summed E-state index contributed by atoms with van der Waals surface area (Å²) in [5.41, 5.74) is 0.987. The SMILES string of the molecule is CCCCCCCNc1cccnc1OC. The van der Waals surface area contributed by atoms with E-state index in [1.807, 2.05) is 12.1 Å². The zero-order valence-corrected chi connectivity index (χ0v) is 10.3. The molecule has 1 heterocycles. The first kappa shape index (κ1) is 12.8. The van der Waals surface area contributed by atoms with Crippen LogP contribution in [0.15, 0.2) is 18.3 Å². The van der Waals surface area contributed by atoms with Crippen molar-refractivity contribution in [1.29, 1.82) is 0 Å². The molecule has 0 saturated heterocycles. The van der Waals surface area contributed by atoms with Crippen molar-refractivity contribution >= 4 is 5.69 Å². The Morgan fingerprint density at radius 2 is 2.06 bits per heavy atom. The van der Waals surface area contributed by atoms with Crippen LogP contribution in [0, 0.1) is 0 Å². The second-order valence-electron chi connectivity index (χ2n) is 3.90. The average molecular weight is 222 g/mol. The number of unbranched alkanes of at least 4 members (excludes halogenated alkanes) is 4. The van der Waals surface area contributed by atoms with Crippen LogP contribution in [-0.4, -0.2) is 18.6 Å². The summed E-state index contributed by atoms with van der Waals surface area (Å²) in [5.74, 6) is 0.677. The van der Waals surface area contributed by atoms with Crippen LogP contribution in [0.1, 0.15) is 39.0 Å². The first-order chi connectivity index (χ1) is 7.88. The van der Waals surface area contributed by atoms with E-state index in [1.165, 1.54) is 32.1 Å². The average Bonchev–Trinajstić information content (AvgIpc) is 2.34. The van der Waals surface area contributed by atoms with Gasteiger partial charge in [-0.2, -0.15) is 0 Å². The predicted molar refractivity (Wildman–Crippen MR) is 68.0 cm³/mol. The van der Waals surface area contributed by atoms with E-state index in [-0.39, 0.29) is 0 Å². The molecule has 0 aliphatic rings. The van der Waals surface area contributed by atoms with Crippen LogP contribution in [0.4, 0.5) is 5.69 Å². The summed E-state index contributed by atoms with van der Waals surface area (Å²) in [4.78, 5) is 4.14. The van der Waals surface area contributed by atoms with Crippen molar-refractivity contribution in [3.8, 4) is 5.88 Å². The van der Waals surface area contributed by atoms with E-state index in [9.17, 15) is 0 Å². The highest BCUT2D eigenvalue weighted by molar-refractivity contribution is 5.51. The van der Waals surface area contributed by atoms with Crippen LogP contribution in [0.5, 0.6) is 5.88 Å². The normalized spacial score (nSPS) is 10.1. The summed E-state index contributed by atoms with van der Waals surface area (Å²) in [6.45, 7) is 3.23. The molecule has 16 heavy (non-hydrogen) atoms. The number of pyridine rings is 1. The molecule has 0 fully saturated rings. The molecule has 1 aromatic rings. The molecule has 3 heteroatoms. The highest BCUT2D eigenvalue weighted by Crippen LogP contribution is 2.19. The lowest BCUT2D eigenvalue weighted by atomic mass is 10.1. The number of aromatic nitrogens is 1. The Morgan fingerprint density at radius 3 is 2.81 bits per heavy atom. The van der Waals surface area contributed by atoms with Crippen LogP contribution >= 0.6 is 0 Å². The van der Waals surface area contributed by atoms with E-state index in [0.717, 1.165) is 12.2 Å². The van der Waals surface area contributed by atoms with Crippen LogP contribution in [0.3, 0.4) is 0 Å². The first-order valence-electron chi connectivity index (χ1n) is 6.11. The van der Waals surface area contributed by atoms with E-state index in [1.54, 1.807) is 13.3 Å². The smallest absolute Gasteiger partial charge is 0.237 e. The predicted octanol–water partition coefficient (Wildman–Crippen LogP) is 3.47. The van der Waals surface area contributed by atoms with E-state index >= 15 is 0 Å². The van der Waals surface area contributed by atoms with Crippen molar-refractivity contribution in [1.82, 2.24) is 4.98 Å². The van der Waals surface area contributed by atoms with Crippen LogP contribution in [-0.2, 0) is 0 Å². The third-order valence-corrected chi connectivity index (χ3v) is 2.56. The number of anilines is 1. The topological polar surface area (TPSA) is 34.2 Å². The zero-order valence-electron chi connectivity index (χ0n) is 10.3. The fourth-order valence-electron chi connectivity index (χ4n) is 1.64. The van der Waals surface area contributed by atoms with Gasteiger partial charge in [-0.1, -0.05) is 32.6 Å². The maximum atomic E-state index is 5.17. The molecule has 0 aliphatic carbocycles. The molecule has 1 rings (SSSR count). The van der Waals surface area contributed by atoms with Crippen molar-refractivity contribution in [2.75, 3.05) is 19.0 Å². The number of rotatable bonds is 8. The Morgan fingerprint density at radius 1 is 1.25 bits per heavy atom. The van der Waals surface area contributed by atoms with Gasteiger partial charge in [0.2, 0.25) is 5.88 Å². The van der Waals surface area contributed by atoms with Gasteiger partial charge in [-0.3, -0.25) is 0 Å². The lowest BCUT2D eigenvalue weighted by molar-refractivity contribution is 0.399. The molecular formula is C13H22N2O. The van der Waals surface area contributed by atoms with Crippen molar-refractivity contribution in [3.05, 3.63) is 18.3 Å². The van der Waals surface area contributed by atoms with Gasteiger partial charge in [0.1, 0.15) is 0 Å². The van der Waals surface area contributed by atoms with Gasteiger partial charge >= 0.3 is 0 Å². The highest BCUT2D eigenvalue weighted by atomic mass is 16.5. The third kappa shape index (κ3) is 4.51. The summed E-state index contributed by atoms with van der Waals surface area (Å²) in [6, 6.07) is 3.92. The lowest BCUT2D eigenvalue weighted by Gasteiger charge is -2.09.